The van der Waals surface area contributed by atoms with Crippen LogP contribution in [0.25, 0.3) is 44.8 Å². The normalized spacial score (nSPS) is 12.3. The monoisotopic (exact) mass is 535 g/mol. The summed E-state index contributed by atoms with van der Waals surface area (Å²) >= 11 is 0. The molecule has 0 aliphatic rings. The van der Waals surface area contributed by atoms with Crippen molar-refractivity contribution in [2.24, 2.45) is 7.05 Å². The summed E-state index contributed by atoms with van der Waals surface area (Å²) in [5.74, 6) is 1.06. The molecule has 3 aromatic carbocycles. The van der Waals surface area contributed by atoms with Gasteiger partial charge in [-0.3, -0.25) is 4.98 Å². The third-order valence-electron chi connectivity index (χ3n) is 7.43. The van der Waals surface area contributed by atoms with Crippen LogP contribution in [-0.4, -0.2) is 35.8 Å². The van der Waals surface area contributed by atoms with Gasteiger partial charge in [-0.25, -0.2) is 4.98 Å². The van der Waals surface area contributed by atoms with Crippen LogP contribution in [0.4, 0.5) is 0 Å². The van der Waals surface area contributed by atoms with Gasteiger partial charge in [0.15, 0.2) is 0 Å². The van der Waals surface area contributed by atoms with Crippen molar-refractivity contribution >= 4 is 37.6 Å². The Morgan fingerprint density at radius 2 is 1.42 bits per heavy atom. The minimum Gasteiger partial charge on any atom is -0.507 e. The maximum Gasteiger partial charge on any atom is 0.144 e. The fraction of sp³-hybridized carbons (Fsp3) is 0.250. The molecule has 2 aromatic heterocycles. The molecule has 0 bridgehead atoms. The van der Waals surface area contributed by atoms with E-state index in [0.717, 1.165) is 50.4 Å². The first-order valence-electron chi connectivity index (χ1n) is 13.2. The van der Waals surface area contributed by atoms with E-state index < -0.39 is 16.1 Å². The van der Waals surface area contributed by atoms with Gasteiger partial charge < -0.3 is 9.67 Å². The topological polar surface area (TPSA) is 50.9 Å². The van der Waals surface area contributed by atoms with E-state index in [9.17, 15) is 5.11 Å². The number of rotatable bonds is 5. The predicted octanol–water partition coefficient (Wildman–Crippen LogP) is 7.07. The highest BCUT2D eigenvalue weighted by Crippen LogP contribution is 2.36. The first-order chi connectivity index (χ1) is 17.8. The summed E-state index contributed by atoms with van der Waals surface area (Å²) in [5.41, 5.74) is 8.01. The Morgan fingerprint density at radius 3 is 2.13 bits per heavy atom. The first-order valence-corrected chi connectivity index (χ1v) is 20.2. The number of benzene rings is 3. The van der Waals surface area contributed by atoms with Crippen molar-refractivity contribution in [3.05, 3.63) is 78.5 Å². The van der Waals surface area contributed by atoms with E-state index in [4.69, 9.17) is 9.97 Å². The van der Waals surface area contributed by atoms with E-state index >= 15 is 0 Å². The van der Waals surface area contributed by atoms with Gasteiger partial charge in [-0.05, 0) is 48.4 Å². The zero-order chi connectivity index (χ0) is 27.4. The highest BCUT2D eigenvalue weighted by atomic mass is 28.3. The Kier molecular flexibility index (Phi) is 6.44. The van der Waals surface area contributed by atoms with Gasteiger partial charge in [0.2, 0.25) is 0 Å². The lowest BCUT2D eigenvalue weighted by Crippen LogP contribution is -2.37. The highest BCUT2D eigenvalue weighted by Gasteiger charge is 2.23. The third-order valence-corrected chi connectivity index (χ3v) is 11.5. The Bertz CT molecular complexity index is 1670. The molecule has 5 rings (SSSR count). The number of hydrogen-bond acceptors (Lipinski definition) is 3. The molecule has 6 heteroatoms. The second kappa shape index (κ2) is 9.36. The van der Waals surface area contributed by atoms with Crippen LogP contribution >= 0.6 is 0 Å². The molecule has 0 saturated carbocycles. The zero-order valence-corrected chi connectivity index (χ0v) is 25.7. The van der Waals surface area contributed by atoms with Crippen molar-refractivity contribution in [1.29, 1.82) is 0 Å². The molecule has 0 aliphatic heterocycles. The molecule has 194 valence electrons. The molecule has 0 radical (unpaired) electrons. The van der Waals surface area contributed by atoms with Gasteiger partial charge in [0, 0.05) is 24.4 Å². The lowest BCUT2D eigenvalue weighted by atomic mass is 10.00. The van der Waals surface area contributed by atoms with Crippen molar-refractivity contribution in [1.82, 2.24) is 14.5 Å². The van der Waals surface area contributed by atoms with Crippen molar-refractivity contribution in [3.8, 4) is 39.5 Å². The molecule has 0 atom stereocenters. The van der Waals surface area contributed by atoms with Crippen LogP contribution in [0, 0.1) is 6.92 Å². The van der Waals surface area contributed by atoms with Crippen LogP contribution in [0.15, 0.2) is 72.9 Å². The lowest BCUT2D eigenvalue weighted by molar-refractivity contribution is 0.472. The van der Waals surface area contributed by atoms with E-state index in [0.29, 0.717) is 0 Å². The van der Waals surface area contributed by atoms with Gasteiger partial charge in [-0.1, -0.05) is 86.1 Å². The number of aryl methyl sites for hydroxylation is 2. The van der Waals surface area contributed by atoms with Gasteiger partial charge in [0.05, 0.1) is 38.4 Å². The van der Waals surface area contributed by atoms with E-state index in [1.165, 1.54) is 10.4 Å². The molecule has 0 unspecified atom stereocenters. The number of aromatic hydroxyl groups is 1. The van der Waals surface area contributed by atoms with Gasteiger partial charge in [0.25, 0.3) is 0 Å². The molecule has 4 nitrogen and oxygen atoms in total. The van der Waals surface area contributed by atoms with Gasteiger partial charge >= 0.3 is 0 Å². The maximum absolute atomic E-state index is 10.9. The van der Waals surface area contributed by atoms with Crippen LogP contribution < -0.4 is 10.4 Å². The average Bonchev–Trinajstić information content (AvgIpc) is 3.20. The number of para-hydroxylation sites is 1. The molecular formula is C32H37N3OSi2. The molecular weight excluding hydrogens is 499 g/mol. The number of imidazole rings is 1. The van der Waals surface area contributed by atoms with Crippen molar-refractivity contribution < 1.29 is 5.11 Å². The summed E-state index contributed by atoms with van der Waals surface area (Å²) < 4.78 is 2.12. The minimum absolute atomic E-state index is 0.285. The summed E-state index contributed by atoms with van der Waals surface area (Å²) in [6, 6.07) is 23.6. The summed E-state index contributed by atoms with van der Waals surface area (Å²) in [6.07, 6.45) is 1.94. The number of hydrogen-bond donors (Lipinski definition) is 1. The number of pyridine rings is 1. The van der Waals surface area contributed by atoms with Gasteiger partial charge in [-0.2, -0.15) is 0 Å². The Labute approximate surface area is 228 Å². The summed E-state index contributed by atoms with van der Waals surface area (Å²) in [5, 5.41) is 13.6. The van der Waals surface area contributed by atoms with Crippen molar-refractivity contribution in [2.45, 2.75) is 46.2 Å². The molecule has 1 N–H and O–H groups in total. The SMILES string of the molecule is Cc1cccc(-c2nc3c(-c4cccc(-c5cc([Si](C)(C)C)ccn5)c4)cc([Si](C)(C)C)cc3n2C)c1O. The molecule has 0 amide bonds. The Balaban J connectivity index is 1.74. The van der Waals surface area contributed by atoms with E-state index in [2.05, 4.69) is 92.4 Å². The molecule has 0 fully saturated rings. The van der Waals surface area contributed by atoms with Crippen molar-refractivity contribution in [2.75, 3.05) is 0 Å². The number of phenols is 1. The number of nitrogens with zero attached hydrogens (tertiary/aromatic N) is 3. The van der Waals surface area contributed by atoms with Gasteiger partial charge in [-0.15, -0.1) is 0 Å². The second-order valence-electron chi connectivity index (χ2n) is 12.4. The van der Waals surface area contributed by atoms with Crippen LogP contribution in [0.3, 0.4) is 0 Å². The second-order valence-corrected chi connectivity index (χ2v) is 22.5. The Hall–Kier alpha value is -3.49. The van der Waals surface area contributed by atoms with E-state index in [-0.39, 0.29) is 5.75 Å². The summed E-state index contributed by atoms with van der Waals surface area (Å²) in [7, 11) is -1.04. The highest BCUT2D eigenvalue weighted by molar-refractivity contribution is 6.89. The quantitative estimate of drug-likeness (QED) is 0.245. The predicted molar refractivity (Wildman–Crippen MR) is 167 cm³/mol. The molecule has 38 heavy (non-hydrogen) atoms. The molecule has 2 heterocycles. The zero-order valence-electron chi connectivity index (χ0n) is 23.7. The lowest BCUT2D eigenvalue weighted by Gasteiger charge is -2.19. The minimum atomic E-state index is -1.63. The molecule has 0 saturated heterocycles. The summed E-state index contributed by atoms with van der Waals surface area (Å²) in [4.78, 5) is 9.88. The third kappa shape index (κ3) is 4.74. The first kappa shape index (κ1) is 26.1. The number of aromatic nitrogens is 3. The smallest absolute Gasteiger partial charge is 0.144 e. The average molecular weight is 536 g/mol. The maximum atomic E-state index is 10.9. The van der Waals surface area contributed by atoms with Crippen molar-refractivity contribution in [3.63, 3.8) is 0 Å². The van der Waals surface area contributed by atoms with Gasteiger partial charge in [0.1, 0.15) is 11.6 Å². The fourth-order valence-electron chi connectivity index (χ4n) is 4.92. The van der Waals surface area contributed by atoms with Crippen LogP contribution in [0.5, 0.6) is 5.75 Å². The molecule has 0 aliphatic carbocycles. The van der Waals surface area contributed by atoms with E-state index in [1.807, 2.05) is 38.4 Å². The largest absolute Gasteiger partial charge is 0.507 e. The van der Waals surface area contributed by atoms with E-state index in [1.54, 1.807) is 0 Å². The van der Waals surface area contributed by atoms with Crippen LogP contribution in [0.2, 0.25) is 39.3 Å². The fourth-order valence-corrected chi connectivity index (χ4v) is 7.21. The number of fused-ring (bicyclic) bond motifs is 1. The van der Waals surface area contributed by atoms with Crippen LogP contribution in [0.1, 0.15) is 5.56 Å². The van der Waals surface area contributed by atoms with Crippen LogP contribution in [-0.2, 0) is 7.05 Å². The Morgan fingerprint density at radius 1 is 0.737 bits per heavy atom. The molecule has 5 aromatic rings. The number of phenolic OH excluding ortho intramolecular Hbond substituents is 1. The summed E-state index contributed by atoms with van der Waals surface area (Å²) in [6.45, 7) is 16.2. The standard InChI is InChI=1S/C32H37N3OSi2/c1-21-11-9-14-26(31(21)36)32-34-30-27(18-25(38(6,7)8)20-29(30)35(32)2)22-12-10-13-23(17-22)28-19-24(15-16-33-28)37(3,4)5/h9-20,36H,1-8H3. The molecule has 0 spiro atoms.